The van der Waals surface area contributed by atoms with Crippen molar-refractivity contribution in [3.8, 4) is 0 Å². The van der Waals surface area contributed by atoms with Crippen LogP contribution in [-0.4, -0.2) is 35.6 Å². The summed E-state index contributed by atoms with van der Waals surface area (Å²) >= 11 is 1.66. The summed E-state index contributed by atoms with van der Waals surface area (Å²) in [7, 11) is 1.67. The number of aliphatic hydroxyl groups excluding tert-OH is 1. The monoisotopic (exact) mass is 264 g/mol. The smallest absolute Gasteiger partial charge is 0.252 e. The Bertz CT molecular complexity index is 553. The van der Waals surface area contributed by atoms with Gasteiger partial charge in [-0.15, -0.1) is 11.3 Å². The quantitative estimate of drug-likeness (QED) is 0.871. The molecule has 0 aliphatic carbocycles. The van der Waals surface area contributed by atoms with E-state index in [1.165, 1.54) is 9.60 Å². The van der Waals surface area contributed by atoms with Crippen molar-refractivity contribution >= 4 is 27.3 Å². The number of amides is 1. The van der Waals surface area contributed by atoms with E-state index in [4.69, 9.17) is 5.73 Å². The summed E-state index contributed by atoms with van der Waals surface area (Å²) in [6.07, 6.45) is -1.11. The lowest BCUT2D eigenvalue weighted by molar-refractivity contribution is -0.138. The highest BCUT2D eigenvalue weighted by Gasteiger charge is 2.18. The molecule has 0 saturated carbocycles. The molecule has 4 nitrogen and oxygen atoms in total. The SMILES string of the molecule is CN(Cc1csc2ccccc12)C(=O)C(O)CN. The molecule has 96 valence electrons. The Hall–Kier alpha value is -1.43. The van der Waals surface area contributed by atoms with Crippen LogP contribution >= 0.6 is 11.3 Å². The predicted octanol–water partition coefficient (Wildman–Crippen LogP) is 1.18. The third kappa shape index (κ3) is 2.53. The first-order valence-corrected chi connectivity index (χ1v) is 6.59. The molecule has 1 aromatic carbocycles. The minimum Gasteiger partial charge on any atom is -0.382 e. The fourth-order valence-corrected chi connectivity index (χ4v) is 2.80. The van der Waals surface area contributed by atoms with Crippen molar-refractivity contribution in [1.82, 2.24) is 4.90 Å². The van der Waals surface area contributed by atoms with Crippen LogP contribution in [0.4, 0.5) is 0 Å². The summed E-state index contributed by atoms with van der Waals surface area (Å²) in [5.41, 5.74) is 6.37. The number of hydrogen-bond donors (Lipinski definition) is 2. The Kier molecular flexibility index (Phi) is 3.96. The van der Waals surface area contributed by atoms with Crippen LogP contribution in [0.1, 0.15) is 5.56 Å². The molecule has 2 rings (SSSR count). The fourth-order valence-electron chi connectivity index (χ4n) is 1.84. The van der Waals surface area contributed by atoms with Crippen molar-refractivity contribution < 1.29 is 9.90 Å². The maximum atomic E-state index is 11.7. The highest BCUT2D eigenvalue weighted by molar-refractivity contribution is 7.17. The third-order valence-corrected chi connectivity index (χ3v) is 3.87. The first kappa shape index (κ1) is 13.0. The Morgan fingerprint density at radius 3 is 2.94 bits per heavy atom. The number of nitrogens with zero attached hydrogens (tertiary/aromatic N) is 1. The molecule has 2 aromatic rings. The molecule has 0 aliphatic heterocycles. The molecule has 0 aliphatic rings. The summed E-state index contributed by atoms with van der Waals surface area (Å²) in [6, 6.07) is 8.07. The van der Waals surface area contributed by atoms with Crippen molar-refractivity contribution in [3.05, 3.63) is 35.2 Å². The van der Waals surface area contributed by atoms with E-state index >= 15 is 0 Å². The van der Waals surface area contributed by atoms with Crippen LogP contribution < -0.4 is 5.73 Å². The number of rotatable bonds is 4. The van der Waals surface area contributed by atoms with E-state index in [-0.39, 0.29) is 12.5 Å². The van der Waals surface area contributed by atoms with Gasteiger partial charge in [-0.1, -0.05) is 18.2 Å². The highest BCUT2D eigenvalue weighted by atomic mass is 32.1. The van der Waals surface area contributed by atoms with Crippen molar-refractivity contribution in [2.45, 2.75) is 12.6 Å². The van der Waals surface area contributed by atoms with Gasteiger partial charge in [0.25, 0.3) is 5.91 Å². The van der Waals surface area contributed by atoms with Gasteiger partial charge in [0.15, 0.2) is 0 Å². The molecule has 18 heavy (non-hydrogen) atoms. The second-order valence-electron chi connectivity index (χ2n) is 4.20. The topological polar surface area (TPSA) is 66.6 Å². The number of hydrogen-bond acceptors (Lipinski definition) is 4. The van der Waals surface area contributed by atoms with Crippen molar-refractivity contribution in [3.63, 3.8) is 0 Å². The number of carbonyl (C=O) groups is 1. The number of nitrogens with two attached hydrogens (primary N) is 1. The zero-order valence-electron chi connectivity index (χ0n) is 10.2. The molecular formula is C13H16N2O2S. The van der Waals surface area contributed by atoms with Gasteiger partial charge in [-0.2, -0.15) is 0 Å². The number of carbonyl (C=O) groups excluding carboxylic acids is 1. The van der Waals surface area contributed by atoms with Gasteiger partial charge in [0.05, 0.1) is 0 Å². The molecule has 1 aromatic heterocycles. The van der Waals surface area contributed by atoms with Gasteiger partial charge in [0.1, 0.15) is 6.10 Å². The Balaban J connectivity index is 2.16. The van der Waals surface area contributed by atoms with Crippen LogP contribution in [-0.2, 0) is 11.3 Å². The third-order valence-electron chi connectivity index (χ3n) is 2.85. The second kappa shape index (κ2) is 5.48. The first-order chi connectivity index (χ1) is 8.63. The van der Waals surface area contributed by atoms with Crippen molar-refractivity contribution in [2.24, 2.45) is 5.73 Å². The minimum absolute atomic E-state index is 0.0481. The number of aliphatic hydroxyl groups is 1. The molecule has 1 amide bonds. The highest BCUT2D eigenvalue weighted by Crippen LogP contribution is 2.26. The lowest BCUT2D eigenvalue weighted by Crippen LogP contribution is -2.40. The van der Waals surface area contributed by atoms with E-state index in [9.17, 15) is 9.90 Å². The molecule has 5 heteroatoms. The first-order valence-electron chi connectivity index (χ1n) is 5.71. The molecule has 1 atom stereocenters. The lowest BCUT2D eigenvalue weighted by atomic mass is 10.1. The van der Waals surface area contributed by atoms with Gasteiger partial charge >= 0.3 is 0 Å². The number of likely N-dealkylation sites (N-methyl/N-ethyl adjacent to an activating group) is 1. The van der Waals surface area contributed by atoms with E-state index in [2.05, 4.69) is 6.07 Å². The Morgan fingerprint density at radius 1 is 1.50 bits per heavy atom. The number of thiophene rings is 1. The minimum atomic E-state index is -1.11. The molecule has 0 bridgehead atoms. The number of benzene rings is 1. The largest absolute Gasteiger partial charge is 0.382 e. The molecule has 1 unspecified atom stereocenters. The van der Waals surface area contributed by atoms with Gasteiger partial charge in [0.2, 0.25) is 0 Å². The number of fused-ring (bicyclic) bond motifs is 1. The van der Waals surface area contributed by atoms with E-state index < -0.39 is 6.10 Å². The predicted molar refractivity (Wildman–Crippen MR) is 73.4 cm³/mol. The van der Waals surface area contributed by atoms with Crippen molar-refractivity contribution in [1.29, 1.82) is 0 Å². The summed E-state index contributed by atoms with van der Waals surface area (Å²) in [5.74, 6) is -0.340. The fraction of sp³-hybridized carbons (Fsp3) is 0.308. The second-order valence-corrected chi connectivity index (χ2v) is 5.11. The normalized spacial score (nSPS) is 12.6. The van der Waals surface area contributed by atoms with Crippen LogP contribution in [0.15, 0.2) is 29.6 Å². The molecule has 1 heterocycles. The molecule has 0 spiro atoms. The standard InChI is InChI=1S/C13H16N2O2S/c1-15(13(17)11(16)6-14)7-9-8-18-12-5-3-2-4-10(9)12/h2-5,8,11,16H,6-7,14H2,1H3. The zero-order chi connectivity index (χ0) is 13.1. The Morgan fingerprint density at radius 2 is 2.22 bits per heavy atom. The maximum absolute atomic E-state index is 11.7. The summed E-state index contributed by atoms with van der Waals surface area (Å²) < 4.78 is 1.20. The van der Waals surface area contributed by atoms with Crippen LogP contribution in [0.5, 0.6) is 0 Å². The molecule has 0 radical (unpaired) electrons. The molecule has 3 N–H and O–H groups in total. The van der Waals surface area contributed by atoms with Crippen LogP contribution in [0.25, 0.3) is 10.1 Å². The maximum Gasteiger partial charge on any atom is 0.252 e. The van der Waals surface area contributed by atoms with Gasteiger partial charge in [0, 0.05) is 24.8 Å². The van der Waals surface area contributed by atoms with Gasteiger partial charge in [-0.3, -0.25) is 4.79 Å². The van der Waals surface area contributed by atoms with Gasteiger partial charge in [-0.25, -0.2) is 0 Å². The van der Waals surface area contributed by atoms with Crippen LogP contribution in [0.3, 0.4) is 0 Å². The average molecular weight is 264 g/mol. The molecular weight excluding hydrogens is 248 g/mol. The summed E-state index contributed by atoms with van der Waals surface area (Å²) in [5, 5.41) is 12.6. The van der Waals surface area contributed by atoms with E-state index in [0.29, 0.717) is 6.54 Å². The van der Waals surface area contributed by atoms with Crippen LogP contribution in [0, 0.1) is 0 Å². The van der Waals surface area contributed by atoms with Crippen LogP contribution in [0.2, 0.25) is 0 Å². The van der Waals surface area contributed by atoms with Crippen molar-refractivity contribution in [2.75, 3.05) is 13.6 Å². The average Bonchev–Trinajstić information content (AvgIpc) is 2.80. The summed E-state index contributed by atoms with van der Waals surface area (Å²) in [4.78, 5) is 13.2. The van der Waals surface area contributed by atoms with E-state index in [0.717, 1.165) is 10.9 Å². The van der Waals surface area contributed by atoms with Gasteiger partial charge in [-0.05, 0) is 22.4 Å². The zero-order valence-corrected chi connectivity index (χ0v) is 11.0. The Labute approximate surface area is 110 Å². The molecule has 0 saturated heterocycles. The lowest BCUT2D eigenvalue weighted by Gasteiger charge is -2.19. The van der Waals surface area contributed by atoms with E-state index in [1.807, 2.05) is 23.6 Å². The summed E-state index contributed by atoms with van der Waals surface area (Å²) in [6.45, 7) is 0.438. The van der Waals surface area contributed by atoms with Gasteiger partial charge < -0.3 is 15.7 Å². The molecule has 0 fully saturated rings. The van der Waals surface area contributed by atoms with E-state index in [1.54, 1.807) is 18.4 Å².